The Bertz CT molecular complexity index is 1320. The second kappa shape index (κ2) is 8.75. The van der Waals surface area contributed by atoms with Crippen LogP contribution in [0, 0.1) is 12.7 Å². The molecule has 1 unspecified atom stereocenters. The van der Waals surface area contributed by atoms with Crippen LogP contribution in [-0.4, -0.2) is 28.7 Å². The van der Waals surface area contributed by atoms with E-state index in [9.17, 15) is 5.11 Å². The highest BCUT2D eigenvalue weighted by atomic mass is 19.1. The van der Waals surface area contributed by atoms with Crippen molar-refractivity contribution in [2.24, 2.45) is 0 Å². The van der Waals surface area contributed by atoms with Crippen molar-refractivity contribution in [2.75, 3.05) is 24.3 Å². The minimum absolute atomic E-state index is 0.145. The quantitative estimate of drug-likeness (QED) is 0.306. The zero-order valence-corrected chi connectivity index (χ0v) is 18.7. The molecule has 170 valence electrons. The lowest BCUT2D eigenvalue weighted by Crippen LogP contribution is -2.08. The molecule has 33 heavy (non-hydrogen) atoms. The molecule has 0 saturated heterocycles. The normalized spacial score (nSPS) is 15.0. The fourth-order valence-electron chi connectivity index (χ4n) is 4.63. The highest BCUT2D eigenvalue weighted by Crippen LogP contribution is 2.39. The fourth-order valence-corrected chi connectivity index (χ4v) is 4.63. The number of rotatable bonds is 7. The van der Waals surface area contributed by atoms with Crippen LogP contribution in [0.5, 0.6) is 5.75 Å². The van der Waals surface area contributed by atoms with E-state index in [1.54, 1.807) is 18.3 Å². The lowest BCUT2D eigenvalue weighted by molar-refractivity contribution is 0.176. The number of ether oxygens (including phenoxy) is 1. The number of aryl methyl sites for hydroxylation is 1. The Balaban J connectivity index is 1.33. The number of benzene rings is 2. The largest absolute Gasteiger partial charge is 0.492 e. The first-order valence-electron chi connectivity index (χ1n) is 11.2. The van der Waals surface area contributed by atoms with Gasteiger partial charge in [0.25, 0.3) is 0 Å². The van der Waals surface area contributed by atoms with Crippen LogP contribution in [0.4, 0.5) is 21.5 Å². The molecule has 7 heteroatoms. The summed E-state index contributed by atoms with van der Waals surface area (Å²) >= 11 is 0. The van der Waals surface area contributed by atoms with E-state index in [0.29, 0.717) is 30.0 Å². The summed E-state index contributed by atoms with van der Waals surface area (Å²) in [7, 11) is 1.46. The van der Waals surface area contributed by atoms with Gasteiger partial charge in [-0.3, -0.25) is 4.98 Å². The monoisotopic (exact) mass is 446 g/mol. The summed E-state index contributed by atoms with van der Waals surface area (Å²) in [6.45, 7) is 2.67. The number of halogens is 1. The molecule has 0 bridgehead atoms. The molecule has 1 aliphatic carbocycles. The molecule has 2 aromatic heterocycles. The summed E-state index contributed by atoms with van der Waals surface area (Å²) in [5.41, 5.74) is 6.93. The van der Waals surface area contributed by atoms with E-state index in [0.717, 1.165) is 29.6 Å². The molecule has 2 aromatic carbocycles. The van der Waals surface area contributed by atoms with Gasteiger partial charge in [-0.1, -0.05) is 18.2 Å². The van der Waals surface area contributed by atoms with Crippen LogP contribution < -0.4 is 15.4 Å². The number of anilines is 3. The van der Waals surface area contributed by atoms with Crippen molar-refractivity contribution in [3.8, 4) is 5.75 Å². The van der Waals surface area contributed by atoms with Gasteiger partial charge in [-0.15, -0.1) is 0 Å². The SMILES string of the molecule is COc1c(Nc2ccnc3c2CCC3O)ccc(NCCc2c[nH]c3c(C)cccc23)c1F. The maximum Gasteiger partial charge on any atom is 0.190 e. The zero-order valence-electron chi connectivity index (χ0n) is 18.7. The predicted molar refractivity (Wildman–Crippen MR) is 129 cm³/mol. The summed E-state index contributed by atoms with van der Waals surface area (Å²) in [4.78, 5) is 7.62. The number of aliphatic hydroxyl groups is 1. The van der Waals surface area contributed by atoms with Crippen LogP contribution in [-0.2, 0) is 12.8 Å². The number of nitrogens with zero attached hydrogens (tertiary/aromatic N) is 1. The zero-order chi connectivity index (χ0) is 22.9. The van der Waals surface area contributed by atoms with E-state index in [2.05, 4.69) is 45.7 Å². The number of para-hydroxylation sites is 1. The summed E-state index contributed by atoms with van der Waals surface area (Å²) in [5.74, 6) is -0.296. The van der Waals surface area contributed by atoms with Gasteiger partial charge in [0, 0.05) is 35.5 Å². The van der Waals surface area contributed by atoms with Crippen molar-refractivity contribution < 1.29 is 14.2 Å². The van der Waals surface area contributed by atoms with Gasteiger partial charge in [0.15, 0.2) is 11.6 Å². The molecule has 0 fully saturated rings. The Morgan fingerprint density at radius 1 is 1.18 bits per heavy atom. The van der Waals surface area contributed by atoms with Gasteiger partial charge in [-0.05, 0) is 61.1 Å². The van der Waals surface area contributed by atoms with Crippen LogP contribution in [0.1, 0.15) is 34.9 Å². The Morgan fingerprint density at radius 2 is 2.03 bits per heavy atom. The van der Waals surface area contributed by atoms with E-state index >= 15 is 4.39 Å². The first-order valence-corrected chi connectivity index (χ1v) is 11.2. The van der Waals surface area contributed by atoms with E-state index in [4.69, 9.17) is 4.74 Å². The molecular weight excluding hydrogens is 419 g/mol. The standard InChI is InChI=1S/C26H27FN4O2/c1-15-4-3-5-17-16(14-30-24(15)17)10-12-28-20-7-8-21(26(33-2)23(20)27)31-19-11-13-29-25-18(19)6-9-22(25)32/h3-5,7-8,11,13-14,22,28,30,32H,6,9-10,12H2,1-2H3,(H,29,31). The topological polar surface area (TPSA) is 82.2 Å². The van der Waals surface area contributed by atoms with Crippen LogP contribution in [0.25, 0.3) is 10.9 Å². The molecule has 0 saturated carbocycles. The first-order chi connectivity index (χ1) is 16.1. The van der Waals surface area contributed by atoms with Gasteiger partial charge in [0.05, 0.1) is 30.3 Å². The third kappa shape index (κ3) is 3.89. The van der Waals surface area contributed by atoms with Crippen LogP contribution in [0.2, 0.25) is 0 Å². The van der Waals surface area contributed by atoms with Gasteiger partial charge < -0.3 is 25.5 Å². The molecule has 4 aromatic rings. The number of hydrogen-bond donors (Lipinski definition) is 4. The van der Waals surface area contributed by atoms with Crippen molar-refractivity contribution in [1.29, 1.82) is 0 Å². The van der Waals surface area contributed by atoms with Crippen LogP contribution in [0.15, 0.2) is 48.8 Å². The minimum Gasteiger partial charge on any atom is -0.492 e. The van der Waals surface area contributed by atoms with E-state index in [1.807, 2.05) is 12.3 Å². The molecule has 1 aliphatic rings. The van der Waals surface area contributed by atoms with E-state index in [-0.39, 0.29) is 5.75 Å². The molecule has 5 rings (SSSR count). The van der Waals surface area contributed by atoms with E-state index < -0.39 is 11.9 Å². The highest BCUT2D eigenvalue weighted by Gasteiger charge is 2.25. The lowest BCUT2D eigenvalue weighted by Gasteiger charge is -2.17. The number of fused-ring (bicyclic) bond motifs is 2. The molecule has 4 N–H and O–H groups in total. The van der Waals surface area contributed by atoms with Gasteiger partial charge in [-0.2, -0.15) is 0 Å². The Labute approximate surface area is 191 Å². The highest BCUT2D eigenvalue weighted by molar-refractivity contribution is 5.86. The van der Waals surface area contributed by atoms with Gasteiger partial charge in [-0.25, -0.2) is 4.39 Å². The summed E-state index contributed by atoms with van der Waals surface area (Å²) < 4.78 is 20.7. The van der Waals surface area contributed by atoms with Crippen molar-refractivity contribution in [3.63, 3.8) is 0 Å². The van der Waals surface area contributed by atoms with E-state index in [1.165, 1.54) is 23.6 Å². The number of hydrogen-bond acceptors (Lipinski definition) is 5. The molecule has 6 nitrogen and oxygen atoms in total. The summed E-state index contributed by atoms with van der Waals surface area (Å²) in [6, 6.07) is 11.6. The third-order valence-electron chi connectivity index (χ3n) is 6.36. The predicted octanol–water partition coefficient (Wildman–Crippen LogP) is 5.40. The number of aliphatic hydroxyl groups excluding tert-OH is 1. The molecular formula is C26H27FN4O2. The van der Waals surface area contributed by atoms with Gasteiger partial charge >= 0.3 is 0 Å². The van der Waals surface area contributed by atoms with Crippen molar-refractivity contribution >= 4 is 28.0 Å². The third-order valence-corrected chi connectivity index (χ3v) is 6.36. The second-order valence-corrected chi connectivity index (χ2v) is 8.40. The first kappa shape index (κ1) is 21.3. The van der Waals surface area contributed by atoms with Crippen molar-refractivity contribution in [1.82, 2.24) is 9.97 Å². The van der Waals surface area contributed by atoms with Crippen molar-refractivity contribution in [3.05, 3.63) is 77.0 Å². The molecule has 1 atom stereocenters. The number of aromatic nitrogens is 2. The lowest BCUT2D eigenvalue weighted by atomic mass is 10.1. The maximum absolute atomic E-state index is 15.3. The van der Waals surface area contributed by atoms with Gasteiger partial charge in [0.2, 0.25) is 0 Å². The summed E-state index contributed by atoms with van der Waals surface area (Å²) in [6.07, 6.45) is 5.26. The van der Waals surface area contributed by atoms with Crippen LogP contribution >= 0.6 is 0 Å². The molecule has 0 aliphatic heterocycles. The molecule has 0 radical (unpaired) electrons. The average molecular weight is 447 g/mol. The average Bonchev–Trinajstić information content (AvgIpc) is 3.41. The number of H-pyrrole nitrogens is 1. The number of pyridine rings is 1. The molecule has 0 amide bonds. The number of aromatic amines is 1. The molecule has 0 spiro atoms. The Kier molecular flexibility index (Phi) is 5.64. The second-order valence-electron chi connectivity index (χ2n) is 8.40. The Morgan fingerprint density at radius 3 is 2.88 bits per heavy atom. The maximum atomic E-state index is 15.3. The van der Waals surface area contributed by atoms with Crippen LogP contribution in [0.3, 0.4) is 0 Å². The number of methoxy groups -OCH3 is 1. The smallest absolute Gasteiger partial charge is 0.190 e. The van der Waals surface area contributed by atoms with Gasteiger partial charge in [0.1, 0.15) is 0 Å². The Hall–Kier alpha value is -3.58. The fraction of sp³-hybridized carbons (Fsp3) is 0.269. The molecule has 2 heterocycles. The minimum atomic E-state index is -0.548. The summed E-state index contributed by atoms with van der Waals surface area (Å²) in [5, 5.41) is 17.8. The van der Waals surface area contributed by atoms with Crippen molar-refractivity contribution in [2.45, 2.75) is 32.3 Å². The number of nitrogens with one attached hydrogen (secondary N) is 3.